The lowest BCUT2D eigenvalue weighted by Gasteiger charge is -2.31. The van der Waals surface area contributed by atoms with Crippen LogP contribution in [0.4, 0.5) is 0 Å². The minimum atomic E-state index is -0.423. The second-order valence-electron chi connectivity index (χ2n) is 4.53. The Hall–Kier alpha value is -0.650. The highest BCUT2D eigenvalue weighted by Gasteiger charge is 2.37. The van der Waals surface area contributed by atoms with Crippen molar-refractivity contribution >= 4 is 5.91 Å². The number of hydrogen-bond acceptors (Lipinski definition) is 4. The number of rotatable bonds is 2. The van der Waals surface area contributed by atoms with Crippen LogP contribution in [0.15, 0.2) is 0 Å². The molecule has 2 aliphatic rings. The Kier molecular flexibility index (Phi) is 3.78. The van der Waals surface area contributed by atoms with Crippen LogP contribution >= 0.6 is 0 Å². The molecule has 92 valence electrons. The van der Waals surface area contributed by atoms with Crippen LogP contribution in [0.25, 0.3) is 0 Å². The van der Waals surface area contributed by atoms with Crippen molar-refractivity contribution in [1.82, 2.24) is 4.90 Å². The largest absolute Gasteiger partial charge is 0.376 e. The monoisotopic (exact) mass is 228 g/mol. The molecule has 0 aliphatic carbocycles. The van der Waals surface area contributed by atoms with Crippen molar-refractivity contribution in [2.24, 2.45) is 11.7 Å². The van der Waals surface area contributed by atoms with Crippen LogP contribution in [-0.4, -0.2) is 55.9 Å². The van der Waals surface area contributed by atoms with E-state index >= 15 is 0 Å². The van der Waals surface area contributed by atoms with Crippen molar-refractivity contribution in [1.29, 1.82) is 0 Å². The minimum absolute atomic E-state index is 0.0412. The van der Waals surface area contributed by atoms with Gasteiger partial charge in [-0.25, -0.2) is 0 Å². The standard InChI is InChI=1S/C11H20N2O3/c1-8-2-3-13(9(8)6-12)11(14)10-7-15-4-5-16-10/h8-10H,2-7,12H2,1H3. The van der Waals surface area contributed by atoms with Crippen LogP contribution in [0, 0.1) is 5.92 Å². The van der Waals surface area contributed by atoms with Gasteiger partial charge < -0.3 is 20.1 Å². The predicted molar refractivity (Wildman–Crippen MR) is 58.9 cm³/mol. The molecule has 5 nitrogen and oxygen atoms in total. The summed E-state index contributed by atoms with van der Waals surface area (Å²) in [5, 5.41) is 0. The summed E-state index contributed by atoms with van der Waals surface area (Å²) < 4.78 is 10.7. The molecular weight excluding hydrogens is 208 g/mol. The predicted octanol–water partition coefficient (Wildman–Crippen LogP) is -0.402. The highest BCUT2D eigenvalue weighted by atomic mass is 16.6. The van der Waals surface area contributed by atoms with Gasteiger partial charge in [0.1, 0.15) is 0 Å². The van der Waals surface area contributed by atoms with Crippen LogP contribution in [0.5, 0.6) is 0 Å². The molecule has 0 aromatic rings. The molecule has 2 fully saturated rings. The summed E-state index contributed by atoms with van der Waals surface area (Å²) in [6.07, 6.45) is 0.606. The molecule has 2 aliphatic heterocycles. The van der Waals surface area contributed by atoms with E-state index in [-0.39, 0.29) is 11.9 Å². The lowest BCUT2D eigenvalue weighted by molar-refractivity contribution is -0.158. The van der Waals surface area contributed by atoms with Gasteiger partial charge in [-0.15, -0.1) is 0 Å². The minimum Gasteiger partial charge on any atom is -0.376 e. The zero-order valence-electron chi connectivity index (χ0n) is 9.72. The van der Waals surface area contributed by atoms with E-state index in [2.05, 4.69) is 6.92 Å². The molecule has 2 heterocycles. The molecule has 16 heavy (non-hydrogen) atoms. The first kappa shape index (κ1) is 11.8. The summed E-state index contributed by atoms with van der Waals surface area (Å²) in [6.45, 7) is 4.93. The van der Waals surface area contributed by atoms with E-state index in [4.69, 9.17) is 15.2 Å². The summed E-state index contributed by atoms with van der Waals surface area (Å²) in [7, 11) is 0. The number of likely N-dealkylation sites (tertiary alicyclic amines) is 1. The smallest absolute Gasteiger partial charge is 0.254 e. The number of hydrogen-bond donors (Lipinski definition) is 1. The van der Waals surface area contributed by atoms with Crippen molar-refractivity contribution in [3.63, 3.8) is 0 Å². The Morgan fingerprint density at radius 3 is 2.94 bits per heavy atom. The Balaban J connectivity index is 1.97. The van der Waals surface area contributed by atoms with Gasteiger partial charge in [-0.2, -0.15) is 0 Å². The van der Waals surface area contributed by atoms with Crippen LogP contribution in [0.1, 0.15) is 13.3 Å². The third-order valence-corrected chi connectivity index (χ3v) is 3.50. The number of nitrogens with zero attached hydrogens (tertiary/aromatic N) is 1. The van der Waals surface area contributed by atoms with Crippen molar-refractivity contribution in [3.8, 4) is 0 Å². The quantitative estimate of drug-likeness (QED) is 0.698. The maximum Gasteiger partial charge on any atom is 0.254 e. The molecule has 0 aromatic heterocycles. The second-order valence-corrected chi connectivity index (χ2v) is 4.53. The maximum absolute atomic E-state index is 12.2. The first-order valence-corrected chi connectivity index (χ1v) is 5.94. The SMILES string of the molecule is CC1CCN(C(=O)C2COCCO2)C1CN. The molecule has 5 heteroatoms. The molecule has 2 rings (SSSR count). The van der Waals surface area contributed by atoms with Gasteiger partial charge in [-0.3, -0.25) is 4.79 Å². The first-order chi connectivity index (χ1) is 7.74. The van der Waals surface area contributed by atoms with Gasteiger partial charge in [-0.05, 0) is 12.3 Å². The van der Waals surface area contributed by atoms with Gasteiger partial charge in [0, 0.05) is 19.1 Å². The number of carbonyl (C=O) groups is 1. The van der Waals surface area contributed by atoms with E-state index in [0.29, 0.717) is 32.3 Å². The zero-order valence-corrected chi connectivity index (χ0v) is 9.72. The Labute approximate surface area is 95.9 Å². The first-order valence-electron chi connectivity index (χ1n) is 5.94. The highest BCUT2D eigenvalue weighted by Crippen LogP contribution is 2.24. The van der Waals surface area contributed by atoms with Crippen molar-refractivity contribution in [2.75, 3.05) is 32.9 Å². The molecule has 0 radical (unpaired) electrons. The number of carbonyl (C=O) groups excluding carboxylic acids is 1. The molecule has 1 amide bonds. The molecule has 3 atom stereocenters. The van der Waals surface area contributed by atoms with Crippen molar-refractivity contribution in [3.05, 3.63) is 0 Å². The molecular formula is C11H20N2O3. The Morgan fingerprint density at radius 1 is 1.50 bits per heavy atom. The lowest BCUT2D eigenvalue weighted by Crippen LogP contribution is -2.50. The fraction of sp³-hybridized carbons (Fsp3) is 0.909. The van der Waals surface area contributed by atoms with Crippen LogP contribution in [0.2, 0.25) is 0 Å². The van der Waals surface area contributed by atoms with E-state index in [1.54, 1.807) is 0 Å². The van der Waals surface area contributed by atoms with Crippen molar-refractivity contribution in [2.45, 2.75) is 25.5 Å². The van der Waals surface area contributed by atoms with E-state index < -0.39 is 6.10 Å². The zero-order chi connectivity index (χ0) is 11.5. The average molecular weight is 228 g/mol. The fourth-order valence-electron chi connectivity index (χ4n) is 2.46. The van der Waals surface area contributed by atoms with Gasteiger partial charge in [-0.1, -0.05) is 6.92 Å². The number of ether oxygens (including phenoxy) is 2. The molecule has 0 saturated carbocycles. The highest BCUT2D eigenvalue weighted by molar-refractivity contribution is 5.81. The van der Waals surface area contributed by atoms with E-state index in [1.165, 1.54) is 0 Å². The third-order valence-electron chi connectivity index (χ3n) is 3.50. The Bertz CT molecular complexity index is 254. The van der Waals surface area contributed by atoms with E-state index in [1.807, 2.05) is 4.90 Å². The molecule has 0 bridgehead atoms. The summed E-state index contributed by atoms with van der Waals surface area (Å²) in [5.41, 5.74) is 5.72. The summed E-state index contributed by atoms with van der Waals surface area (Å²) in [5.74, 6) is 0.526. The number of amides is 1. The molecule has 2 N–H and O–H groups in total. The average Bonchev–Trinajstić information content (AvgIpc) is 2.70. The normalized spacial score (nSPS) is 35.4. The summed E-state index contributed by atoms with van der Waals surface area (Å²) in [4.78, 5) is 14.0. The van der Waals surface area contributed by atoms with Gasteiger partial charge in [0.05, 0.1) is 19.8 Å². The molecule has 2 saturated heterocycles. The summed E-state index contributed by atoms with van der Waals surface area (Å²) in [6, 6.07) is 0.165. The van der Waals surface area contributed by atoms with Gasteiger partial charge in [0.2, 0.25) is 0 Å². The van der Waals surface area contributed by atoms with E-state index in [9.17, 15) is 4.79 Å². The lowest BCUT2D eigenvalue weighted by atomic mass is 10.0. The third kappa shape index (κ3) is 2.21. The molecule has 0 spiro atoms. The Morgan fingerprint density at radius 2 is 2.31 bits per heavy atom. The van der Waals surface area contributed by atoms with Crippen LogP contribution in [-0.2, 0) is 14.3 Å². The number of nitrogens with two attached hydrogens (primary N) is 1. The van der Waals surface area contributed by atoms with Crippen LogP contribution in [0.3, 0.4) is 0 Å². The topological polar surface area (TPSA) is 64.8 Å². The van der Waals surface area contributed by atoms with Gasteiger partial charge in [0.15, 0.2) is 6.10 Å². The summed E-state index contributed by atoms with van der Waals surface area (Å²) >= 11 is 0. The molecule has 0 aromatic carbocycles. The van der Waals surface area contributed by atoms with Crippen molar-refractivity contribution < 1.29 is 14.3 Å². The van der Waals surface area contributed by atoms with E-state index in [0.717, 1.165) is 13.0 Å². The second kappa shape index (κ2) is 5.12. The maximum atomic E-state index is 12.2. The van der Waals surface area contributed by atoms with Gasteiger partial charge >= 0.3 is 0 Å². The van der Waals surface area contributed by atoms with Crippen LogP contribution < -0.4 is 5.73 Å². The fourth-order valence-corrected chi connectivity index (χ4v) is 2.46. The molecule has 3 unspecified atom stereocenters. The van der Waals surface area contributed by atoms with Gasteiger partial charge in [0.25, 0.3) is 5.91 Å².